The largest absolute Gasteiger partial charge is 0.354 e. The van der Waals surface area contributed by atoms with Gasteiger partial charge in [-0.3, -0.25) is 4.79 Å². The fourth-order valence-electron chi connectivity index (χ4n) is 3.57. The van der Waals surface area contributed by atoms with Gasteiger partial charge in [-0.15, -0.1) is 0 Å². The van der Waals surface area contributed by atoms with E-state index < -0.39 is 0 Å². The van der Waals surface area contributed by atoms with Crippen molar-refractivity contribution in [3.63, 3.8) is 0 Å². The van der Waals surface area contributed by atoms with E-state index in [1.807, 2.05) is 77.7 Å². The standard InChI is InChI=1S/C24H26N4O/c1-26-14-16-27(17-15-26)23-18-21(12-13-25-23)24(29)28(22-10-6-3-7-11-22)19-20-8-4-2-5-9-20/h2-13,18H,14-17,19H2,1H3. The summed E-state index contributed by atoms with van der Waals surface area (Å²) in [5.41, 5.74) is 2.64. The van der Waals surface area contributed by atoms with E-state index in [4.69, 9.17) is 0 Å². The van der Waals surface area contributed by atoms with Crippen molar-refractivity contribution in [3.8, 4) is 0 Å². The van der Waals surface area contributed by atoms with Crippen LogP contribution in [-0.2, 0) is 6.54 Å². The van der Waals surface area contributed by atoms with Gasteiger partial charge in [-0.25, -0.2) is 4.98 Å². The zero-order valence-electron chi connectivity index (χ0n) is 16.7. The molecule has 1 fully saturated rings. The lowest BCUT2D eigenvalue weighted by Gasteiger charge is -2.33. The highest BCUT2D eigenvalue weighted by atomic mass is 16.2. The summed E-state index contributed by atoms with van der Waals surface area (Å²) in [5.74, 6) is 0.856. The van der Waals surface area contributed by atoms with Crippen LogP contribution in [0.25, 0.3) is 0 Å². The highest BCUT2D eigenvalue weighted by Crippen LogP contribution is 2.22. The van der Waals surface area contributed by atoms with Crippen molar-refractivity contribution in [1.29, 1.82) is 0 Å². The topological polar surface area (TPSA) is 39.7 Å². The quantitative estimate of drug-likeness (QED) is 0.671. The average molecular weight is 386 g/mol. The van der Waals surface area contributed by atoms with Crippen LogP contribution in [0.15, 0.2) is 79.0 Å². The minimum atomic E-state index is -0.0159. The van der Waals surface area contributed by atoms with Crippen molar-refractivity contribution in [2.75, 3.05) is 43.0 Å². The Kier molecular flexibility index (Phi) is 5.86. The monoisotopic (exact) mass is 386 g/mol. The first kappa shape index (κ1) is 19.2. The van der Waals surface area contributed by atoms with E-state index in [2.05, 4.69) is 21.8 Å². The third-order valence-corrected chi connectivity index (χ3v) is 5.32. The second kappa shape index (κ2) is 8.88. The van der Waals surface area contributed by atoms with Crippen molar-refractivity contribution in [2.45, 2.75) is 6.54 Å². The van der Waals surface area contributed by atoms with Crippen LogP contribution >= 0.6 is 0 Å². The van der Waals surface area contributed by atoms with Crippen LogP contribution in [0.1, 0.15) is 15.9 Å². The SMILES string of the molecule is CN1CCN(c2cc(C(=O)N(Cc3ccccc3)c3ccccc3)ccn2)CC1. The zero-order chi connectivity index (χ0) is 20.1. The molecule has 0 unspecified atom stereocenters. The van der Waals surface area contributed by atoms with Crippen LogP contribution < -0.4 is 9.80 Å². The number of aromatic nitrogens is 1. The molecule has 29 heavy (non-hydrogen) atoms. The number of benzene rings is 2. The summed E-state index contributed by atoms with van der Waals surface area (Å²) in [5, 5.41) is 0. The van der Waals surface area contributed by atoms with Gasteiger partial charge in [-0.2, -0.15) is 0 Å². The Morgan fingerprint density at radius 1 is 0.931 bits per heavy atom. The van der Waals surface area contributed by atoms with Crippen molar-refractivity contribution in [2.24, 2.45) is 0 Å². The maximum absolute atomic E-state index is 13.5. The van der Waals surface area contributed by atoms with Gasteiger partial charge >= 0.3 is 0 Å². The molecule has 3 aromatic rings. The molecular formula is C24H26N4O. The molecule has 5 heteroatoms. The molecule has 5 nitrogen and oxygen atoms in total. The van der Waals surface area contributed by atoms with Crippen LogP contribution in [0.3, 0.4) is 0 Å². The number of para-hydroxylation sites is 1. The van der Waals surface area contributed by atoms with E-state index in [0.29, 0.717) is 12.1 Å². The second-order valence-corrected chi connectivity index (χ2v) is 7.41. The molecular weight excluding hydrogens is 360 g/mol. The van der Waals surface area contributed by atoms with E-state index in [1.165, 1.54) is 0 Å². The average Bonchev–Trinajstić information content (AvgIpc) is 2.79. The molecule has 0 spiro atoms. The minimum Gasteiger partial charge on any atom is -0.354 e. The zero-order valence-corrected chi connectivity index (χ0v) is 16.7. The van der Waals surface area contributed by atoms with Crippen LogP contribution in [0, 0.1) is 0 Å². The van der Waals surface area contributed by atoms with Gasteiger partial charge in [0.15, 0.2) is 0 Å². The predicted molar refractivity (Wildman–Crippen MR) is 117 cm³/mol. The number of carbonyl (C=O) groups excluding carboxylic acids is 1. The van der Waals surface area contributed by atoms with Gasteiger partial charge in [0.1, 0.15) is 5.82 Å². The Morgan fingerprint density at radius 3 is 2.28 bits per heavy atom. The molecule has 148 valence electrons. The summed E-state index contributed by atoms with van der Waals surface area (Å²) in [6.45, 7) is 4.38. The van der Waals surface area contributed by atoms with Crippen molar-refractivity contribution in [1.82, 2.24) is 9.88 Å². The highest BCUT2D eigenvalue weighted by molar-refractivity contribution is 6.06. The lowest BCUT2D eigenvalue weighted by atomic mass is 10.1. The number of piperazine rings is 1. The molecule has 0 bridgehead atoms. The molecule has 1 aliphatic heterocycles. The summed E-state index contributed by atoms with van der Waals surface area (Å²) < 4.78 is 0. The molecule has 0 radical (unpaired) electrons. The lowest BCUT2D eigenvalue weighted by Crippen LogP contribution is -2.44. The number of anilines is 2. The van der Waals surface area contributed by atoms with Gasteiger partial charge in [-0.1, -0.05) is 48.5 Å². The fourth-order valence-corrected chi connectivity index (χ4v) is 3.57. The highest BCUT2D eigenvalue weighted by Gasteiger charge is 2.21. The van der Waals surface area contributed by atoms with Crippen LogP contribution in [0.4, 0.5) is 11.5 Å². The number of pyridine rings is 1. The first-order chi connectivity index (χ1) is 14.2. The van der Waals surface area contributed by atoms with E-state index in [1.54, 1.807) is 6.20 Å². The molecule has 0 aliphatic carbocycles. The van der Waals surface area contributed by atoms with Gasteiger partial charge in [0.2, 0.25) is 0 Å². The molecule has 4 rings (SSSR count). The third-order valence-electron chi connectivity index (χ3n) is 5.32. The Bertz CT molecular complexity index is 937. The Balaban J connectivity index is 1.61. The number of rotatable bonds is 5. The van der Waals surface area contributed by atoms with Gasteiger partial charge in [0.25, 0.3) is 5.91 Å². The third kappa shape index (κ3) is 4.63. The summed E-state index contributed by atoms with van der Waals surface area (Å²) in [6.07, 6.45) is 1.74. The van der Waals surface area contributed by atoms with Gasteiger partial charge in [-0.05, 0) is 36.9 Å². The molecule has 2 heterocycles. The number of carbonyl (C=O) groups is 1. The summed E-state index contributed by atoms with van der Waals surface area (Å²) in [6, 6.07) is 23.7. The van der Waals surface area contributed by atoms with Crippen LogP contribution in [0.2, 0.25) is 0 Å². The van der Waals surface area contributed by atoms with Crippen molar-refractivity contribution >= 4 is 17.4 Å². The summed E-state index contributed by atoms with van der Waals surface area (Å²) >= 11 is 0. The van der Waals surface area contributed by atoms with E-state index in [-0.39, 0.29) is 5.91 Å². The van der Waals surface area contributed by atoms with Gasteiger partial charge in [0.05, 0.1) is 6.54 Å². The molecule has 1 amide bonds. The number of likely N-dealkylation sites (N-methyl/N-ethyl adjacent to an activating group) is 1. The number of hydrogen-bond donors (Lipinski definition) is 0. The Hall–Kier alpha value is -3.18. The van der Waals surface area contributed by atoms with Gasteiger partial charge < -0.3 is 14.7 Å². The smallest absolute Gasteiger partial charge is 0.258 e. The normalized spacial score (nSPS) is 14.6. The van der Waals surface area contributed by atoms with Crippen LogP contribution in [0.5, 0.6) is 0 Å². The first-order valence-electron chi connectivity index (χ1n) is 10.0. The number of hydrogen-bond acceptors (Lipinski definition) is 4. The number of nitrogens with zero attached hydrogens (tertiary/aromatic N) is 4. The Labute approximate surface area is 172 Å². The maximum atomic E-state index is 13.5. The van der Waals surface area contributed by atoms with Crippen LogP contribution in [-0.4, -0.2) is 49.0 Å². The number of amides is 1. The van der Waals surface area contributed by atoms with E-state index >= 15 is 0 Å². The summed E-state index contributed by atoms with van der Waals surface area (Å²) in [7, 11) is 2.13. The minimum absolute atomic E-state index is 0.0159. The maximum Gasteiger partial charge on any atom is 0.258 e. The van der Waals surface area contributed by atoms with Crippen molar-refractivity contribution < 1.29 is 4.79 Å². The first-order valence-corrected chi connectivity index (χ1v) is 10.0. The van der Waals surface area contributed by atoms with Gasteiger partial charge in [0, 0.05) is 43.6 Å². The molecule has 0 N–H and O–H groups in total. The van der Waals surface area contributed by atoms with Crippen molar-refractivity contribution in [3.05, 3.63) is 90.1 Å². The lowest BCUT2D eigenvalue weighted by molar-refractivity contribution is 0.0985. The van der Waals surface area contributed by atoms with E-state index in [0.717, 1.165) is 43.2 Å². The Morgan fingerprint density at radius 2 is 1.59 bits per heavy atom. The molecule has 0 saturated carbocycles. The molecule has 1 aromatic heterocycles. The molecule has 0 atom stereocenters. The molecule has 1 saturated heterocycles. The fraction of sp³-hybridized carbons (Fsp3) is 0.250. The van der Waals surface area contributed by atoms with E-state index in [9.17, 15) is 4.79 Å². The second-order valence-electron chi connectivity index (χ2n) is 7.41. The predicted octanol–water partition coefficient (Wildman–Crippen LogP) is 3.68. The molecule has 2 aromatic carbocycles. The molecule has 1 aliphatic rings. The summed E-state index contributed by atoms with van der Waals surface area (Å²) in [4.78, 5) is 24.4.